The Hall–Kier alpha value is -1.71. The van der Waals surface area contributed by atoms with Crippen LogP contribution in [0.1, 0.15) is 45.1 Å². The Morgan fingerprint density at radius 3 is 2.14 bits per heavy atom. The summed E-state index contributed by atoms with van der Waals surface area (Å²) in [7, 11) is 3.25. The van der Waals surface area contributed by atoms with Crippen molar-refractivity contribution >= 4 is 5.91 Å². The normalized spacial score (nSPS) is 15.3. The van der Waals surface area contributed by atoms with E-state index in [9.17, 15) is 4.79 Å². The molecule has 0 saturated heterocycles. The van der Waals surface area contributed by atoms with Crippen LogP contribution in [0.4, 0.5) is 0 Å². The summed E-state index contributed by atoms with van der Waals surface area (Å²) in [5, 5.41) is 0. The van der Waals surface area contributed by atoms with Crippen LogP contribution in [0.25, 0.3) is 0 Å². The fourth-order valence-electron chi connectivity index (χ4n) is 3.04. The van der Waals surface area contributed by atoms with Crippen molar-refractivity contribution < 1.29 is 14.3 Å². The number of hydrogen-bond donors (Lipinski definition) is 0. The van der Waals surface area contributed by atoms with Crippen molar-refractivity contribution in [2.45, 2.75) is 44.9 Å². The van der Waals surface area contributed by atoms with Crippen LogP contribution in [0.2, 0.25) is 0 Å². The summed E-state index contributed by atoms with van der Waals surface area (Å²) in [6.07, 6.45) is 3.83. The van der Waals surface area contributed by atoms with Gasteiger partial charge in [0, 0.05) is 13.1 Å². The molecule has 0 aromatic heterocycles. The van der Waals surface area contributed by atoms with Crippen LogP contribution in [0.5, 0.6) is 11.5 Å². The molecule has 0 unspecified atom stereocenters. The second-order valence-corrected chi connectivity index (χ2v) is 5.94. The van der Waals surface area contributed by atoms with Gasteiger partial charge in [-0.25, -0.2) is 0 Å². The van der Waals surface area contributed by atoms with Gasteiger partial charge in [-0.15, -0.1) is 0 Å². The highest BCUT2D eigenvalue weighted by molar-refractivity contribution is 5.91. The van der Waals surface area contributed by atoms with E-state index in [0.29, 0.717) is 11.5 Å². The zero-order chi connectivity index (χ0) is 16.2. The Morgan fingerprint density at radius 1 is 1.09 bits per heavy atom. The van der Waals surface area contributed by atoms with Gasteiger partial charge in [-0.3, -0.25) is 4.79 Å². The molecular formula is C18H27NO3. The van der Waals surface area contributed by atoms with Crippen LogP contribution in [0.15, 0.2) is 18.2 Å². The maximum atomic E-state index is 13.0. The maximum Gasteiger partial charge on any atom is 0.233 e. The molecule has 1 saturated carbocycles. The van der Waals surface area contributed by atoms with E-state index in [1.165, 1.54) is 0 Å². The first-order chi connectivity index (χ1) is 10.6. The first-order valence-electron chi connectivity index (χ1n) is 8.14. The van der Waals surface area contributed by atoms with Gasteiger partial charge in [0.15, 0.2) is 11.5 Å². The summed E-state index contributed by atoms with van der Waals surface area (Å²) in [5.41, 5.74) is 0.705. The number of methoxy groups -OCH3 is 2. The van der Waals surface area contributed by atoms with Crippen LogP contribution < -0.4 is 9.47 Å². The largest absolute Gasteiger partial charge is 0.493 e. The fourth-order valence-corrected chi connectivity index (χ4v) is 3.04. The number of nitrogens with zero attached hydrogens (tertiary/aromatic N) is 1. The van der Waals surface area contributed by atoms with Gasteiger partial charge in [-0.2, -0.15) is 0 Å². The summed E-state index contributed by atoms with van der Waals surface area (Å²) < 4.78 is 10.7. The summed E-state index contributed by atoms with van der Waals surface area (Å²) >= 11 is 0. The summed E-state index contributed by atoms with van der Waals surface area (Å²) in [4.78, 5) is 15.0. The molecule has 0 heterocycles. The van der Waals surface area contributed by atoms with Crippen molar-refractivity contribution in [2.24, 2.45) is 0 Å². The minimum atomic E-state index is -0.343. The van der Waals surface area contributed by atoms with Gasteiger partial charge in [0.1, 0.15) is 0 Å². The zero-order valence-corrected chi connectivity index (χ0v) is 14.1. The molecule has 0 bridgehead atoms. The number of carbonyl (C=O) groups is 1. The van der Waals surface area contributed by atoms with Crippen LogP contribution in [0.3, 0.4) is 0 Å². The van der Waals surface area contributed by atoms with Gasteiger partial charge in [0.05, 0.1) is 19.6 Å². The number of benzene rings is 1. The standard InChI is InChI=1S/C18H27NO3/c1-5-11-19(12-6-2)17(20)18(9-10-18)14-7-8-15(21-3)16(13-14)22-4/h7-8,13H,5-6,9-12H2,1-4H3. The van der Waals surface area contributed by atoms with Crippen molar-refractivity contribution in [3.63, 3.8) is 0 Å². The molecule has 0 N–H and O–H groups in total. The van der Waals surface area contributed by atoms with Gasteiger partial charge in [-0.05, 0) is 43.4 Å². The minimum Gasteiger partial charge on any atom is -0.493 e. The molecule has 1 amide bonds. The Balaban J connectivity index is 2.28. The molecule has 1 aromatic carbocycles. The highest BCUT2D eigenvalue weighted by Gasteiger charge is 2.53. The molecule has 4 heteroatoms. The molecule has 1 aliphatic carbocycles. The Kier molecular flexibility index (Phi) is 5.33. The molecule has 1 aliphatic rings. The first kappa shape index (κ1) is 16.7. The lowest BCUT2D eigenvalue weighted by Crippen LogP contribution is -2.40. The van der Waals surface area contributed by atoms with Gasteiger partial charge in [0.2, 0.25) is 5.91 Å². The summed E-state index contributed by atoms with van der Waals surface area (Å²) in [6.45, 7) is 5.90. The highest BCUT2D eigenvalue weighted by atomic mass is 16.5. The Labute approximate surface area is 133 Å². The van der Waals surface area contributed by atoms with Gasteiger partial charge in [-0.1, -0.05) is 19.9 Å². The molecule has 1 fully saturated rings. The van der Waals surface area contributed by atoms with Crippen LogP contribution >= 0.6 is 0 Å². The molecule has 2 rings (SSSR count). The number of carbonyl (C=O) groups excluding carboxylic acids is 1. The van der Waals surface area contributed by atoms with Crippen molar-refractivity contribution in [3.05, 3.63) is 23.8 Å². The van der Waals surface area contributed by atoms with Gasteiger partial charge in [0.25, 0.3) is 0 Å². The predicted molar refractivity (Wildman–Crippen MR) is 87.6 cm³/mol. The third-order valence-corrected chi connectivity index (χ3v) is 4.37. The SMILES string of the molecule is CCCN(CCC)C(=O)C1(c2ccc(OC)c(OC)c2)CC1. The van der Waals surface area contributed by atoms with E-state index in [4.69, 9.17) is 9.47 Å². The van der Waals surface area contributed by atoms with Crippen molar-refractivity contribution in [3.8, 4) is 11.5 Å². The molecule has 0 aliphatic heterocycles. The molecule has 4 nitrogen and oxygen atoms in total. The molecule has 1 aromatic rings. The molecule has 0 radical (unpaired) electrons. The molecular weight excluding hydrogens is 278 g/mol. The third-order valence-electron chi connectivity index (χ3n) is 4.37. The van der Waals surface area contributed by atoms with Crippen molar-refractivity contribution in [1.29, 1.82) is 0 Å². The number of hydrogen-bond acceptors (Lipinski definition) is 3. The van der Waals surface area contributed by atoms with E-state index in [1.54, 1.807) is 14.2 Å². The fraction of sp³-hybridized carbons (Fsp3) is 0.611. The zero-order valence-electron chi connectivity index (χ0n) is 14.1. The number of amides is 1. The average molecular weight is 305 g/mol. The lowest BCUT2D eigenvalue weighted by Gasteiger charge is -2.27. The van der Waals surface area contributed by atoms with Crippen LogP contribution in [0, 0.1) is 0 Å². The number of rotatable bonds is 8. The smallest absolute Gasteiger partial charge is 0.233 e. The van der Waals surface area contributed by atoms with E-state index >= 15 is 0 Å². The quantitative estimate of drug-likeness (QED) is 0.739. The molecule has 22 heavy (non-hydrogen) atoms. The minimum absolute atomic E-state index is 0.267. The van der Waals surface area contributed by atoms with E-state index < -0.39 is 0 Å². The first-order valence-corrected chi connectivity index (χ1v) is 8.14. The maximum absolute atomic E-state index is 13.0. The predicted octanol–water partition coefficient (Wildman–Crippen LogP) is 3.38. The molecule has 0 spiro atoms. The van der Waals surface area contributed by atoms with Crippen molar-refractivity contribution in [2.75, 3.05) is 27.3 Å². The lowest BCUT2D eigenvalue weighted by atomic mass is 9.93. The second-order valence-electron chi connectivity index (χ2n) is 5.94. The van der Waals surface area contributed by atoms with Crippen LogP contribution in [-0.4, -0.2) is 38.1 Å². The van der Waals surface area contributed by atoms with Gasteiger partial charge < -0.3 is 14.4 Å². The Morgan fingerprint density at radius 2 is 1.68 bits per heavy atom. The van der Waals surface area contributed by atoms with Gasteiger partial charge >= 0.3 is 0 Å². The topological polar surface area (TPSA) is 38.8 Å². The van der Waals surface area contributed by atoms with E-state index in [0.717, 1.165) is 44.3 Å². The summed E-state index contributed by atoms with van der Waals surface area (Å²) in [6, 6.07) is 5.85. The number of ether oxygens (including phenoxy) is 2. The monoisotopic (exact) mass is 305 g/mol. The Bertz CT molecular complexity index is 517. The third kappa shape index (κ3) is 3.06. The molecule has 122 valence electrons. The van der Waals surface area contributed by atoms with Crippen LogP contribution in [-0.2, 0) is 10.2 Å². The highest BCUT2D eigenvalue weighted by Crippen LogP contribution is 2.51. The van der Waals surface area contributed by atoms with E-state index in [2.05, 4.69) is 13.8 Å². The lowest BCUT2D eigenvalue weighted by molar-refractivity contribution is -0.134. The second kappa shape index (κ2) is 7.03. The van der Waals surface area contributed by atoms with Crippen molar-refractivity contribution in [1.82, 2.24) is 4.90 Å². The summed E-state index contributed by atoms with van der Waals surface area (Å²) in [5.74, 6) is 1.66. The average Bonchev–Trinajstić information content (AvgIpc) is 3.35. The van der Waals surface area contributed by atoms with E-state index in [1.807, 2.05) is 23.1 Å². The molecule has 0 atom stereocenters. The van der Waals surface area contributed by atoms with E-state index in [-0.39, 0.29) is 11.3 Å².